The van der Waals surface area contributed by atoms with Crippen molar-refractivity contribution < 1.29 is 23.4 Å². The van der Waals surface area contributed by atoms with Crippen LogP contribution >= 0.6 is 0 Å². The van der Waals surface area contributed by atoms with Gasteiger partial charge in [-0.1, -0.05) is 0 Å². The number of benzene rings is 1. The molecular weight excluding hydrogens is 324 g/mol. The van der Waals surface area contributed by atoms with Gasteiger partial charge in [-0.3, -0.25) is 4.79 Å². The summed E-state index contributed by atoms with van der Waals surface area (Å²) in [5.41, 5.74) is 2.80. The van der Waals surface area contributed by atoms with Crippen molar-refractivity contribution >= 4 is 12.1 Å². The molecule has 0 aliphatic rings. The Hall–Kier alpha value is -2.96. The number of hydrogen-bond acceptors (Lipinski definition) is 6. The summed E-state index contributed by atoms with van der Waals surface area (Å²) in [5.74, 6) is 1.54. The highest BCUT2D eigenvalue weighted by atomic mass is 16.5. The Labute approximate surface area is 146 Å². The number of carbonyl (C=O) groups is 1. The Morgan fingerprint density at radius 1 is 1.12 bits per heavy atom. The second-order valence-electron chi connectivity index (χ2n) is 4.82. The van der Waals surface area contributed by atoms with E-state index < -0.39 is 5.91 Å². The normalized spacial score (nSPS) is 10.7. The summed E-state index contributed by atoms with van der Waals surface area (Å²) >= 11 is 0. The molecule has 25 heavy (non-hydrogen) atoms. The molecule has 0 radical (unpaired) electrons. The molecule has 1 aromatic carbocycles. The SMILES string of the molecule is CCOc1cc(C(=O)N/N=C/c2ccco2)cc(OCC)c1OCC. The smallest absolute Gasteiger partial charge is 0.271 e. The topological polar surface area (TPSA) is 82.3 Å². The molecule has 0 bridgehead atoms. The van der Waals surface area contributed by atoms with Gasteiger partial charge in [-0.25, -0.2) is 5.43 Å². The Balaban J connectivity index is 2.24. The molecule has 0 aliphatic carbocycles. The standard InChI is InChI=1S/C18H22N2O5/c1-4-22-15-10-13(11-16(23-5-2)17(15)24-6-3)18(21)20-19-12-14-8-7-9-25-14/h7-12H,4-6H2,1-3H3,(H,20,21)/b19-12+. The van der Waals surface area contributed by atoms with Crippen molar-refractivity contribution in [2.24, 2.45) is 5.10 Å². The number of nitrogens with zero attached hydrogens (tertiary/aromatic N) is 1. The summed E-state index contributed by atoms with van der Waals surface area (Å²) in [5, 5.41) is 3.87. The third-order valence-electron chi connectivity index (χ3n) is 3.07. The van der Waals surface area contributed by atoms with Gasteiger partial charge in [0.15, 0.2) is 11.5 Å². The highest BCUT2D eigenvalue weighted by molar-refractivity contribution is 5.96. The maximum absolute atomic E-state index is 12.3. The van der Waals surface area contributed by atoms with Crippen molar-refractivity contribution in [3.63, 3.8) is 0 Å². The van der Waals surface area contributed by atoms with Crippen molar-refractivity contribution in [1.82, 2.24) is 5.43 Å². The first-order valence-electron chi connectivity index (χ1n) is 8.12. The van der Waals surface area contributed by atoms with Gasteiger partial charge in [0.25, 0.3) is 5.91 Å². The molecule has 0 saturated heterocycles. The molecule has 0 aliphatic heterocycles. The van der Waals surface area contributed by atoms with E-state index in [4.69, 9.17) is 18.6 Å². The van der Waals surface area contributed by atoms with Gasteiger partial charge in [-0.2, -0.15) is 5.10 Å². The molecule has 0 unspecified atom stereocenters. The fraction of sp³-hybridized carbons (Fsp3) is 0.333. The largest absolute Gasteiger partial charge is 0.490 e. The van der Waals surface area contributed by atoms with Crippen LogP contribution < -0.4 is 19.6 Å². The van der Waals surface area contributed by atoms with Crippen LogP contribution in [-0.2, 0) is 0 Å². The minimum atomic E-state index is -0.396. The highest BCUT2D eigenvalue weighted by Crippen LogP contribution is 2.39. The molecule has 0 fully saturated rings. The maximum Gasteiger partial charge on any atom is 0.271 e. The quantitative estimate of drug-likeness (QED) is 0.557. The molecule has 2 rings (SSSR count). The van der Waals surface area contributed by atoms with E-state index in [9.17, 15) is 4.79 Å². The van der Waals surface area contributed by atoms with E-state index in [0.717, 1.165) is 0 Å². The van der Waals surface area contributed by atoms with Crippen molar-refractivity contribution in [3.8, 4) is 17.2 Å². The van der Waals surface area contributed by atoms with Crippen molar-refractivity contribution in [1.29, 1.82) is 0 Å². The monoisotopic (exact) mass is 346 g/mol. The van der Waals surface area contributed by atoms with Crippen molar-refractivity contribution in [2.75, 3.05) is 19.8 Å². The molecule has 7 nitrogen and oxygen atoms in total. The van der Waals surface area contributed by atoms with Gasteiger partial charge in [-0.15, -0.1) is 0 Å². The zero-order valence-electron chi connectivity index (χ0n) is 14.6. The number of rotatable bonds is 9. The molecule has 1 heterocycles. The summed E-state index contributed by atoms with van der Waals surface area (Å²) in [6.45, 7) is 6.92. The summed E-state index contributed by atoms with van der Waals surface area (Å²) < 4.78 is 21.9. The fourth-order valence-electron chi connectivity index (χ4n) is 2.10. The molecular formula is C18H22N2O5. The summed E-state index contributed by atoms with van der Waals surface area (Å²) in [6.07, 6.45) is 2.94. The van der Waals surface area contributed by atoms with E-state index in [1.807, 2.05) is 20.8 Å². The van der Waals surface area contributed by atoms with Crippen LogP contribution in [0.15, 0.2) is 40.0 Å². The second kappa shape index (κ2) is 9.36. The molecule has 0 atom stereocenters. The number of hydrogen-bond donors (Lipinski definition) is 1. The van der Waals surface area contributed by atoms with Gasteiger partial charge in [-0.05, 0) is 45.0 Å². The number of carbonyl (C=O) groups excluding carboxylic acids is 1. The lowest BCUT2D eigenvalue weighted by Crippen LogP contribution is -2.18. The first-order valence-corrected chi connectivity index (χ1v) is 8.12. The minimum absolute atomic E-state index is 0.354. The van der Waals surface area contributed by atoms with Crippen molar-refractivity contribution in [3.05, 3.63) is 41.9 Å². The van der Waals surface area contributed by atoms with E-state index in [1.165, 1.54) is 12.5 Å². The van der Waals surface area contributed by atoms with Gasteiger partial charge >= 0.3 is 0 Å². The summed E-state index contributed by atoms with van der Waals surface area (Å²) in [7, 11) is 0. The number of nitrogens with one attached hydrogen (secondary N) is 1. The molecule has 1 N–H and O–H groups in total. The lowest BCUT2D eigenvalue weighted by Gasteiger charge is -2.16. The molecule has 0 saturated carbocycles. The van der Waals surface area contributed by atoms with Gasteiger partial charge in [0.05, 0.1) is 32.3 Å². The number of hydrazone groups is 1. The minimum Gasteiger partial charge on any atom is -0.490 e. The average molecular weight is 346 g/mol. The Morgan fingerprint density at radius 2 is 1.76 bits per heavy atom. The lowest BCUT2D eigenvalue weighted by atomic mass is 10.1. The molecule has 0 spiro atoms. The van der Waals surface area contributed by atoms with Crippen LogP contribution in [0.2, 0.25) is 0 Å². The average Bonchev–Trinajstić information content (AvgIpc) is 3.11. The first-order chi connectivity index (χ1) is 12.2. The third kappa shape index (κ3) is 5.00. The van der Waals surface area contributed by atoms with Crippen LogP contribution in [0.5, 0.6) is 17.2 Å². The van der Waals surface area contributed by atoms with E-state index in [-0.39, 0.29) is 0 Å². The molecule has 7 heteroatoms. The lowest BCUT2D eigenvalue weighted by molar-refractivity contribution is 0.0954. The fourth-order valence-corrected chi connectivity index (χ4v) is 2.10. The Morgan fingerprint density at radius 3 is 2.28 bits per heavy atom. The zero-order chi connectivity index (χ0) is 18.1. The summed E-state index contributed by atoms with van der Waals surface area (Å²) in [4.78, 5) is 12.3. The van der Waals surface area contributed by atoms with Crippen molar-refractivity contribution in [2.45, 2.75) is 20.8 Å². The van der Waals surface area contributed by atoms with Gasteiger partial charge in [0.2, 0.25) is 5.75 Å². The second-order valence-corrected chi connectivity index (χ2v) is 4.82. The number of amides is 1. The van der Waals surface area contributed by atoms with Crippen LogP contribution in [0, 0.1) is 0 Å². The highest BCUT2D eigenvalue weighted by Gasteiger charge is 2.18. The van der Waals surface area contributed by atoms with Crippen LogP contribution in [0.4, 0.5) is 0 Å². The number of furan rings is 1. The van der Waals surface area contributed by atoms with E-state index in [1.54, 1.807) is 24.3 Å². The molecule has 134 valence electrons. The van der Waals surface area contributed by atoms with Gasteiger partial charge in [0.1, 0.15) is 5.76 Å². The molecule has 1 amide bonds. The van der Waals surface area contributed by atoms with Gasteiger partial charge in [0, 0.05) is 5.56 Å². The molecule has 1 aromatic heterocycles. The first kappa shape index (κ1) is 18.4. The number of ether oxygens (including phenoxy) is 3. The third-order valence-corrected chi connectivity index (χ3v) is 3.07. The van der Waals surface area contributed by atoms with Crippen LogP contribution in [0.1, 0.15) is 36.9 Å². The van der Waals surface area contributed by atoms with E-state index in [2.05, 4.69) is 10.5 Å². The zero-order valence-corrected chi connectivity index (χ0v) is 14.6. The molecule has 2 aromatic rings. The van der Waals surface area contributed by atoms with Crippen LogP contribution in [0.3, 0.4) is 0 Å². The van der Waals surface area contributed by atoms with Crippen LogP contribution in [-0.4, -0.2) is 31.9 Å². The maximum atomic E-state index is 12.3. The van der Waals surface area contributed by atoms with Gasteiger partial charge < -0.3 is 18.6 Å². The van der Waals surface area contributed by atoms with E-state index in [0.29, 0.717) is 48.4 Å². The van der Waals surface area contributed by atoms with Crippen LogP contribution in [0.25, 0.3) is 0 Å². The summed E-state index contributed by atoms with van der Waals surface area (Å²) in [6, 6.07) is 6.68. The Bertz CT molecular complexity index is 683. The predicted molar refractivity (Wildman–Crippen MR) is 93.7 cm³/mol. The Kier molecular flexibility index (Phi) is 6.88. The van der Waals surface area contributed by atoms with E-state index >= 15 is 0 Å². The predicted octanol–water partition coefficient (Wildman–Crippen LogP) is 3.24.